The van der Waals surface area contributed by atoms with Gasteiger partial charge in [0.1, 0.15) is 19.3 Å². The summed E-state index contributed by atoms with van der Waals surface area (Å²) in [6, 6.07) is 0. The fourth-order valence-corrected chi connectivity index (χ4v) is 12.6. The monoisotopic (exact) mass is 1350 g/mol. The van der Waals surface area contributed by atoms with Gasteiger partial charge in [-0.3, -0.25) is 37.3 Å². The molecule has 0 aliphatic carbocycles. The Balaban J connectivity index is 5.21. The van der Waals surface area contributed by atoms with Crippen molar-refractivity contribution >= 4 is 39.5 Å². The van der Waals surface area contributed by atoms with Crippen LogP contribution in [0.1, 0.15) is 364 Å². The molecule has 0 rings (SSSR count). The average Bonchev–Trinajstić information content (AvgIpc) is 2.49. The van der Waals surface area contributed by atoms with Crippen LogP contribution in [0.25, 0.3) is 0 Å². The van der Waals surface area contributed by atoms with Crippen LogP contribution in [0.5, 0.6) is 0 Å². The van der Waals surface area contributed by atoms with Crippen LogP contribution in [0.4, 0.5) is 0 Å². The predicted molar refractivity (Wildman–Crippen MR) is 372 cm³/mol. The molecule has 6 atom stereocenters. The number of rotatable bonds is 70. The molecule has 0 bridgehead atoms. The van der Waals surface area contributed by atoms with Gasteiger partial charge in [-0.2, -0.15) is 0 Å². The van der Waals surface area contributed by atoms with Gasteiger partial charge in [-0.05, 0) is 49.4 Å². The number of esters is 4. The van der Waals surface area contributed by atoms with Crippen molar-refractivity contribution in [2.75, 3.05) is 39.6 Å². The Morgan fingerprint density at radius 1 is 0.304 bits per heavy atom. The Labute approximate surface area is 562 Å². The maximum atomic E-state index is 13.0. The Bertz CT molecular complexity index is 1820. The Hall–Kier alpha value is -1.94. The molecule has 0 fully saturated rings. The first-order valence-corrected chi connectivity index (χ1v) is 40.7. The highest BCUT2D eigenvalue weighted by Gasteiger charge is 2.30. The summed E-state index contributed by atoms with van der Waals surface area (Å²) in [6.07, 6.45) is 46.0. The highest BCUT2D eigenvalue weighted by atomic mass is 31.2. The normalized spacial score (nSPS) is 14.5. The van der Waals surface area contributed by atoms with E-state index in [-0.39, 0.29) is 25.7 Å². The van der Waals surface area contributed by atoms with Gasteiger partial charge in [-0.15, -0.1) is 0 Å². The van der Waals surface area contributed by atoms with Crippen molar-refractivity contribution in [3.8, 4) is 0 Å². The zero-order chi connectivity index (χ0) is 68.2. The minimum Gasteiger partial charge on any atom is -0.462 e. The molecule has 3 N–H and O–H groups in total. The molecule has 92 heavy (non-hydrogen) atoms. The minimum atomic E-state index is -4.95. The first-order valence-electron chi connectivity index (χ1n) is 37.7. The quantitative estimate of drug-likeness (QED) is 0.0222. The number of aliphatic hydroxyl groups excluding tert-OH is 1. The lowest BCUT2D eigenvalue weighted by atomic mass is 10.00. The number of hydrogen-bond donors (Lipinski definition) is 3. The molecule has 546 valence electrons. The molecule has 0 saturated heterocycles. The molecule has 0 heterocycles. The van der Waals surface area contributed by atoms with Gasteiger partial charge in [0.15, 0.2) is 12.2 Å². The third kappa shape index (κ3) is 65.4. The molecular formula is C73H142O17P2. The van der Waals surface area contributed by atoms with Crippen molar-refractivity contribution in [1.82, 2.24) is 0 Å². The summed E-state index contributed by atoms with van der Waals surface area (Å²) >= 11 is 0. The van der Waals surface area contributed by atoms with Crippen LogP contribution in [0.3, 0.4) is 0 Å². The second kappa shape index (κ2) is 62.6. The van der Waals surface area contributed by atoms with Crippen molar-refractivity contribution in [3.05, 3.63) is 0 Å². The maximum absolute atomic E-state index is 13.0. The standard InChI is InChI=1S/C73H142O17P2/c1-9-66(8)52-44-36-30-32-38-46-54-71(76)84-60-69(90-73(78)56-48-40-28-24-20-16-15-18-22-26-34-42-50-64(4)5)62-88-92(81,82)86-58-67(74)57-85-91(79,80)87-61-68(59-83-70(75)53-45-37-31-29-35-43-51-65(6)7)89-72(77)55-47-39-27-23-19-14-12-10-11-13-17-21-25-33-41-49-63(2)3/h63-69,74H,9-62H2,1-8H3,(H,79,80)(H,81,82)/t66?,67?,68-,69-/m1/s1. The van der Waals surface area contributed by atoms with E-state index in [1.54, 1.807) is 0 Å². The van der Waals surface area contributed by atoms with Crippen LogP contribution in [0.2, 0.25) is 0 Å². The number of hydrogen-bond acceptors (Lipinski definition) is 15. The van der Waals surface area contributed by atoms with E-state index in [2.05, 4.69) is 55.4 Å². The van der Waals surface area contributed by atoms with Gasteiger partial charge < -0.3 is 33.8 Å². The third-order valence-corrected chi connectivity index (χ3v) is 19.1. The molecular weight excluding hydrogens is 1210 g/mol. The molecule has 4 unspecified atom stereocenters. The lowest BCUT2D eigenvalue weighted by Crippen LogP contribution is -2.30. The lowest BCUT2D eigenvalue weighted by molar-refractivity contribution is -0.161. The summed E-state index contributed by atoms with van der Waals surface area (Å²) in [5, 5.41) is 10.6. The molecule has 0 amide bonds. The van der Waals surface area contributed by atoms with Gasteiger partial charge in [-0.25, -0.2) is 9.13 Å². The van der Waals surface area contributed by atoms with Gasteiger partial charge in [0.2, 0.25) is 0 Å². The topological polar surface area (TPSA) is 237 Å². The first kappa shape index (κ1) is 90.1. The number of aliphatic hydroxyl groups is 1. The van der Waals surface area contributed by atoms with Crippen LogP contribution in [-0.4, -0.2) is 96.7 Å². The second-order valence-corrected chi connectivity index (χ2v) is 30.9. The van der Waals surface area contributed by atoms with E-state index in [1.165, 1.54) is 154 Å². The Morgan fingerprint density at radius 3 is 0.772 bits per heavy atom. The molecule has 0 aromatic carbocycles. The largest absolute Gasteiger partial charge is 0.472 e. The molecule has 17 nitrogen and oxygen atoms in total. The Kier molecular flexibility index (Phi) is 61.3. The SMILES string of the molecule is CCC(C)CCCCCCCCC(=O)OC[C@H](COP(=O)(O)OCC(O)COP(=O)(O)OC[C@@H](COC(=O)CCCCCCCCC(C)C)OC(=O)CCCCCCCCCCCCCCCCCC(C)C)OC(=O)CCCCCCCCCCCCCCC(C)C. The number of carbonyl (C=O) groups excluding carboxylic acids is 4. The first-order chi connectivity index (χ1) is 44.1. The Morgan fingerprint density at radius 2 is 0.522 bits per heavy atom. The molecule has 0 radical (unpaired) electrons. The van der Waals surface area contributed by atoms with Crippen LogP contribution in [0.15, 0.2) is 0 Å². The van der Waals surface area contributed by atoms with Crippen LogP contribution >= 0.6 is 15.6 Å². The number of ether oxygens (including phenoxy) is 4. The number of carbonyl (C=O) groups is 4. The van der Waals surface area contributed by atoms with Crippen LogP contribution in [-0.2, 0) is 65.4 Å². The highest BCUT2D eigenvalue weighted by Crippen LogP contribution is 2.45. The van der Waals surface area contributed by atoms with E-state index >= 15 is 0 Å². The van der Waals surface area contributed by atoms with Crippen LogP contribution < -0.4 is 0 Å². The number of phosphoric ester groups is 2. The van der Waals surface area contributed by atoms with E-state index in [0.29, 0.717) is 31.6 Å². The number of phosphoric acid groups is 2. The van der Waals surface area contributed by atoms with Crippen molar-refractivity contribution in [2.24, 2.45) is 23.7 Å². The highest BCUT2D eigenvalue weighted by molar-refractivity contribution is 7.47. The minimum absolute atomic E-state index is 0.105. The fraction of sp³-hybridized carbons (Fsp3) is 0.945. The van der Waals surface area contributed by atoms with E-state index in [1.807, 2.05) is 0 Å². The van der Waals surface area contributed by atoms with Gasteiger partial charge >= 0.3 is 39.5 Å². The van der Waals surface area contributed by atoms with Gasteiger partial charge in [0.25, 0.3) is 0 Å². The van der Waals surface area contributed by atoms with Crippen molar-refractivity contribution < 1.29 is 80.2 Å². The lowest BCUT2D eigenvalue weighted by Gasteiger charge is -2.21. The van der Waals surface area contributed by atoms with Gasteiger partial charge in [0, 0.05) is 25.7 Å². The van der Waals surface area contributed by atoms with Crippen molar-refractivity contribution in [1.29, 1.82) is 0 Å². The summed E-state index contributed by atoms with van der Waals surface area (Å²) in [6.45, 7) is 14.1. The fourth-order valence-electron chi connectivity index (χ4n) is 11.0. The molecule has 0 aliphatic rings. The second-order valence-electron chi connectivity index (χ2n) is 28.0. The molecule has 0 saturated carbocycles. The van der Waals surface area contributed by atoms with E-state index in [4.69, 9.17) is 37.0 Å². The zero-order valence-corrected chi connectivity index (χ0v) is 62.0. The molecule has 0 aromatic heterocycles. The van der Waals surface area contributed by atoms with Crippen molar-refractivity contribution in [2.45, 2.75) is 382 Å². The summed E-state index contributed by atoms with van der Waals surface area (Å²) in [4.78, 5) is 72.6. The molecule has 19 heteroatoms. The van der Waals surface area contributed by atoms with E-state index < -0.39 is 97.5 Å². The summed E-state index contributed by atoms with van der Waals surface area (Å²) in [5.74, 6) is 0.862. The van der Waals surface area contributed by atoms with Crippen molar-refractivity contribution in [3.63, 3.8) is 0 Å². The number of unbranched alkanes of at least 4 members (excludes halogenated alkanes) is 35. The van der Waals surface area contributed by atoms with E-state index in [9.17, 15) is 43.2 Å². The van der Waals surface area contributed by atoms with E-state index in [0.717, 1.165) is 120 Å². The summed E-state index contributed by atoms with van der Waals surface area (Å²) in [5.41, 5.74) is 0. The predicted octanol–water partition coefficient (Wildman–Crippen LogP) is 20.9. The molecule has 0 aromatic rings. The van der Waals surface area contributed by atoms with Gasteiger partial charge in [-0.1, -0.05) is 312 Å². The van der Waals surface area contributed by atoms with Crippen LogP contribution in [0, 0.1) is 23.7 Å². The average molecular weight is 1350 g/mol. The smallest absolute Gasteiger partial charge is 0.462 e. The molecule has 0 aliphatic heterocycles. The summed E-state index contributed by atoms with van der Waals surface area (Å²) in [7, 11) is -9.91. The third-order valence-electron chi connectivity index (χ3n) is 17.2. The summed E-state index contributed by atoms with van der Waals surface area (Å²) < 4.78 is 68.4. The maximum Gasteiger partial charge on any atom is 0.472 e. The van der Waals surface area contributed by atoms with Gasteiger partial charge in [0.05, 0.1) is 26.4 Å². The zero-order valence-electron chi connectivity index (χ0n) is 60.2. The molecule has 0 spiro atoms.